The molecule has 0 aromatic heterocycles. The fraction of sp³-hybridized carbons (Fsp3) is 0.222. The second-order valence-corrected chi connectivity index (χ2v) is 7.21. The molecule has 4 N–H and O–H groups in total. The Morgan fingerprint density at radius 2 is 1.50 bits per heavy atom. The van der Waals surface area contributed by atoms with Crippen LogP contribution in [0.1, 0.15) is 5.56 Å². The standard InChI is InChI=1S/C18H21N3O6S/c1-26-14-4-6-15(7-5-14)27-11-10-20-17(22)18(23)21-12-13-2-8-16(9-3-13)28(19,24)25/h2-9H,10-12H2,1H3,(H,20,22)(H,21,23)(H2,19,24,25). The van der Waals surface area contributed by atoms with Crippen LogP contribution in [-0.2, 0) is 26.2 Å². The van der Waals surface area contributed by atoms with Gasteiger partial charge < -0.3 is 20.1 Å². The van der Waals surface area contributed by atoms with Gasteiger partial charge in [-0.3, -0.25) is 9.59 Å². The molecule has 2 amide bonds. The van der Waals surface area contributed by atoms with Gasteiger partial charge in [0, 0.05) is 6.54 Å². The van der Waals surface area contributed by atoms with E-state index in [0.717, 1.165) is 0 Å². The Morgan fingerprint density at radius 1 is 0.929 bits per heavy atom. The Morgan fingerprint density at radius 3 is 2.07 bits per heavy atom. The highest BCUT2D eigenvalue weighted by molar-refractivity contribution is 7.89. The molecule has 28 heavy (non-hydrogen) atoms. The van der Waals surface area contributed by atoms with Gasteiger partial charge in [-0.15, -0.1) is 0 Å². The van der Waals surface area contributed by atoms with Gasteiger partial charge >= 0.3 is 11.8 Å². The fourth-order valence-corrected chi connectivity index (χ4v) is 2.66. The number of primary sulfonamides is 1. The molecule has 0 atom stereocenters. The van der Waals surface area contributed by atoms with E-state index in [1.807, 2.05) is 0 Å². The average Bonchev–Trinajstić information content (AvgIpc) is 2.69. The molecule has 10 heteroatoms. The SMILES string of the molecule is COc1ccc(OCCNC(=O)C(=O)NCc2ccc(S(N)(=O)=O)cc2)cc1. The number of hydrogen-bond acceptors (Lipinski definition) is 6. The van der Waals surface area contributed by atoms with Gasteiger partial charge in [0.05, 0.1) is 18.6 Å². The summed E-state index contributed by atoms with van der Waals surface area (Å²) in [6.07, 6.45) is 0. The lowest BCUT2D eigenvalue weighted by atomic mass is 10.2. The first-order valence-electron chi connectivity index (χ1n) is 8.24. The third-order valence-electron chi connectivity index (χ3n) is 3.63. The van der Waals surface area contributed by atoms with Gasteiger partial charge in [0.15, 0.2) is 0 Å². The van der Waals surface area contributed by atoms with E-state index in [-0.39, 0.29) is 24.6 Å². The van der Waals surface area contributed by atoms with Crippen molar-refractivity contribution in [1.82, 2.24) is 10.6 Å². The largest absolute Gasteiger partial charge is 0.497 e. The van der Waals surface area contributed by atoms with Crippen molar-refractivity contribution >= 4 is 21.8 Å². The van der Waals surface area contributed by atoms with Crippen LogP contribution in [0.25, 0.3) is 0 Å². The van der Waals surface area contributed by atoms with E-state index in [2.05, 4.69) is 10.6 Å². The molecule has 0 radical (unpaired) electrons. The lowest BCUT2D eigenvalue weighted by Gasteiger charge is -2.09. The molecule has 0 saturated carbocycles. The lowest BCUT2D eigenvalue weighted by molar-refractivity contribution is -0.139. The normalized spacial score (nSPS) is 10.8. The molecule has 0 fully saturated rings. The van der Waals surface area contributed by atoms with E-state index >= 15 is 0 Å². The van der Waals surface area contributed by atoms with Crippen molar-refractivity contribution in [3.05, 3.63) is 54.1 Å². The minimum atomic E-state index is -3.77. The summed E-state index contributed by atoms with van der Waals surface area (Å²) in [4.78, 5) is 23.5. The smallest absolute Gasteiger partial charge is 0.309 e. The van der Waals surface area contributed by atoms with Gasteiger partial charge in [-0.2, -0.15) is 0 Å². The van der Waals surface area contributed by atoms with Crippen molar-refractivity contribution in [2.45, 2.75) is 11.4 Å². The van der Waals surface area contributed by atoms with Crippen molar-refractivity contribution in [1.29, 1.82) is 0 Å². The zero-order chi connectivity index (χ0) is 20.6. The number of carbonyl (C=O) groups excluding carboxylic acids is 2. The maximum atomic E-state index is 11.8. The van der Waals surface area contributed by atoms with Crippen molar-refractivity contribution in [3.8, 4) is 11.5 Å². The molecule has 9 nitrogen and oxygen atoms in total. The maximum Gasteiger partial charge on any atom is 0.309 e. The molecule has 0 heterocycles. The molecule has 0 saturated heterocycles. The summed E-state index contributed by atoms with van der Waals surface area (Å²) in [6.45, 7) is 0.418. The zero-order valence-corrected chi connectivity index (χ0v) is 16.0. The van der Waals surface area contributed by atoms with E-state index in [0.29, 0.717) is 17.1 Å². The summed E-state index contributed by atoms with van der Waals surface area (Å²) in [5, 5.41) is 9.90. The first-order chi connectivity index (χ1) is 13.3. The first-order valence-corrected chi connectivity index (χ1v) is 9.79. The molecule has 0 aliphatic rings. The van der Waals surface area contributed by atoms with Crippen molar-refractivity contribution < 1.29 is 27.5 Å². The second kappa shape index (κ2) is 9.72. The predicted octanol–water partition coefficient (Wildman–Crippen LogP) is 0.154. The first kappa shape index (κ1) is 21.2. The molecule has 0 unspecified atom stereocenters. The van der Waals surface area contributed by atoms with E-state index in [4.69, 9.17) is 14.6 Å². The number of amides is 2. The van der Waals surface area contributed by atoms with Crippen LogP contribution in [-0.4, -0.2) is 40.5 Å². The monoisotopic (exact) mass is 407 g/mol. The van der Waals surface area contributed by atoms with Gasteiger partial charge in [0.25, 0.3) is 0 Å². The molecule has 0 spiro atoms. The molecule has 0 aliphatic carbocycles. The van der Waals surface area contributed by atoms with Crippen LogP contribution < -0.4 is 25.2 Å². The van der Waals surface area contributed by atoms with Gasteiger partial charge in [-0.25, -0.2) is 13.6 Å². The molecule has 0 bridgehead atoms. The molecular formula is C18H21N3O6S. The average molecular weight is 407 g/mol. The summed E-state index contributed by atoms with van der Waals surface area (Å²) in [5.74, 6) is -0.279. The maximum absolute atomic E-state index is 11.8. The van der Waals surface area contributed by atoms with Gasteiger partial charge in [-0.05, 0) is 42.0 Å². The summed E-state index contributed by atoms with van der Waals surface area (Å²) in [5.41, 5.74) is 0.622. The summed E-state index contributed by atoms with van der Waals surface area (Å²) < 4.78 is 32.8. The van der Waals surface area contributed by atoms with Crippen molar-refractivity contribution in [3.63, 3.8) is 0 Å². The number of methoxy groups -OCH3 is 1. The van der Waals surface area contributed by atoms with Crippen molar-refractivity contribution in [2.24, 2.45) is 5.14 Å². The summed E-state index contributed by atoms with van der Waals surface area (Å²) in [7, 11) is -2.20. The number of nitrogens with two attached hydrogens (primary N) is 1. The molecule has 150 valence electrons. The highest BCUT2D eigenvalue weighted by Crippen LogP contribution is 2.16. The number of ether oxygens (including phenoxy) is 2. The lowest BCUT2D eigenvalue weighted by Crippen LogP contribution is -2.41. The number of benzene rings is 2. The number of hydrogen-bond donors (Lipinski definition) is 3. The van der Waals surface area contributed by atoms with Crippen LogP contribution in [0.15, 0.2) is 53.4 Å². The van der Waals surface area contributed by atoms with E-state index in [9.17, 15) is 18.0 Å². The van der Waals surface area contributed by atoms with Crippen LogP contribution in [0.4, 0.5) is 0 Å². The van der Waals surface area contributed by atoms with E-state index in [1.165, 1.54) is 24.3 Å². The Balaban J connectivity index is 1.70. The Kier molecular flexibility index (Phi) is 7.36. The second-order valence-electron chi connectivity index (χ2n) is 5.65. The fourth-order valence-electron chi connectivity index (χ4n) is 2.15. The van der Waals surface area contributed by atoms with Crippen LogP contribution in [0.5, 0.6) is 11.5 Å². The van der Waals surface area contributed by atoms with Crippen LogP contribution in [0.2, 0.25) is 0 Å². The minimum Gasteiger partial charge on any atom is -0.497 e. The van der Waals surface area contributed by atoms with Crippen molar-refractivity contribution in [2.75, 3.05) is 20.3 Å². The highest BCUT2D eigenvalue weighted by Gasteiger charge is 2.13. The van der Waals surface area contributed by atoms with Gasteiger partial charge in [0.1, 0.15) is 18.1 Å². The molecule has 2 aromatic rings. The van der Waals surface area contributed by atoms with Crippen LogP contribution in [0, 0.1) is 0 Å². The topological polar surface area (TPSA) is 137 Å². The zero-order valence-electron chi connectivity index (χ0n) is 15.2. The summed E-state index contributed by atoms with van der Waals surface area (Å²) >= 11 is 0. The Labute approximate surface area is 162 Å². The van der Waals surface area contributed by atoms with E-state index < -0.39 is 21.8 Å². The Hall–Kier alpha value is -3.11. The third kappa shape index (κ3) is 6.56. The molecule has 2 rings (SSSR count). The van der Waals surface area contributed by atoms with Crippen LogP contribution >= 0.6 is 0 Å². The number of rotatable bonds is 8. The van der Waals surface area contributed by atoms with Gasteiger partial charge in [0.2, 0.25) is 10.0 Å². The predicted molar refractivity (Wildman–Crippen MR) is 101 cm³/mol. The van der Waals surface area contributed by atoms with Gasteiger partial charge in [-0.1, -0.05) is 12.1 Å². The van der Waals surface area contributed by atoms with Crippen LogP contribution in [0.3, 0.4) is 0 Å². The number of nitrogens with one attached hydrogen (secondary N) is 2. The number of sulfonamides is 1. The third-order valence-corrected chi connectivity index (χ3v) is 4.56. The highest BCUT2D eigenvalue weighted by atomic mass is 32.2. The molecule has 2 aromatic carbocycles. The number of carbonyl (C=O) groups is 2. The Bertz CT molecular complexity index is 911. The van der Waals surface area contributed by atoms with E-state index in [1.54, 1.807) is 31.4 Å². The molecular weight excluding hydrogens is 386 g/mol. The molecule has 0 aliphatic heterocycles. The summed E-state index contributed by atoms with van der Waals surface area (Å²) in [6, 6.07) is 12.6. The minimum absolute atomic E-state index is 0.0304. The quantitative estimate of drug-likeness (QED) is 0.421.